The number of nitrogen functional groups attached to an aromatic ring is 1. The number of para-hydroxylation sites is 1. The number of benzene rings is 1. The first-order valence-corrected chi connectivity index (χ1v) is 4.79. The second kappa shape index (κ2) is 4.06. The Morgan fingerprint density at radius 1 is 1.47 bits per heavy atom. The molecular formula is C11H17FN2O. The van der Waals surface area contributed by atoms with E-state index >= 15 is 0 Å². The molecule has 1 aromatic carbocycles. The highest BCUT2D eigenvalue weighted by molar-refractivity contribution is 5.68. The lowest BCUT2D eigenvalue weighted by Gasteiger charge is -2.36. The van der Waals surface area contributed by atoms with Crippen LogP contribution in [-0.4, -0.2) is 24.3 Å². The summed E-state index contributed by atoms with van der Waals surface area (Å²) in [6.07, 6.45) is 0. The zero-order chi connectivity index (χ0) is 11.6. The van der Waals surface area contributed by atoms with E-state index in [1.807, 2.05) is 13.8 Å². The van der Waals surface area contributed by atoms with Crippen molar-refractivity contribution in [2.45, 2.75) is 19.4 Å². The maximum atomic E-state index is 13.2. The van der Waals surface area contributed by atoms with Gasteiger partial charge < -0.3 is 15.7 Å². The number of hydrogen-bond donors (Lipinski definition) is 2. The molecule has 4 heteroatoms. The molecule has 0 spiro atoms. The van der Waals surface area contributed by atoms with Gasteiger partial charge in [-0.3, -0.25) is 0 Å². The number of halogens is 1. The van der Waals surface area contributed by atoms with E-state index in [0.717, 1.165) is 0 Å². The molecule has 15 heavy (non-hydrogen) atoms. The van der Waals surface area contributed by atoms with Crippen LogP contribution in [-0.2, 0) is 0 Å². The van der Waals surface area contributed by atoms with Crippen LogP contribution in [0.4, 0.5) is 15.8 Å². The third kappa shape index (κ3) is 2.21. The van der Waals surface area contributed by atoms with Gasteiger partial charge in [-0.05, 0) is 26.0 Å². The Kier molecular flexibility index (Phi) is 3.19. The van der Waals surface area contributed by atoms with Gasteiger partial charge in [0.1, 0.15) is 5.82 Å². The Hall–Kier alpha value is -1.29. The molecule has 0 saturated carbocycles. The lowest BCUT2D eigenvalue weighted by molar-refractivity contribution is 0.216. The van der Waals surface area contributed by atoms with E-state index in [0.29, 0.717) is 5.69 Å². The van der Waals surface area contributed by atoms with E-state index < -0.39 is 11.4 Å². The van der Waals surface area contributed by atoms with Gasteiger partial charge in [0.15, 0.2) is 0 Å². The molecular weight excluding hydrogens is 195 g/mol. The molecule has 0 bridgehead atoms. The molecule has 0 aliphatic rings. The van der Waals surface area contributed by atoms with Crippen molar-refractivity contribution < 1.29 is 9.50 Å². The fourth-order valence-electron chi connectivity index (χ4n) is 1.25. The molecule has 0 unspecified atom stereocenters. The first-order chi connectivity index (χ1) is 6.90. The highest BCUT2D eigenvalue weighted by Gasteiger charge is 2.24. The van der Waals surface area contributed by atoms with E-state index in [2.05, 4.69) is 0 Å². The van der Waals surface area contributed by atoms with Crippen molar-refractivity contribution in [3.05, 3.63) is 24.0 Å². The summed E-state index contributed by atoms with van der Waals surface area (Å²) in [5.41, 5.74) is 5.87. The first kappa shape index (κ1) is 11.8. The number of likely N-dealkylation sites (N-methyl/N-ethyl adjacent to an activating group) is 1. The van der Waals surface area contributed by atoms with Crippen molar-refractivity contribution in [3.63, 3.8) is 0 Å². The maximum Gasteiger partial charge on any atom is 0.148 e. The second-order valence-corrected chi connectivity index (χ2v) is 4.20. The Labute approximate surface area is 89.3 Å². The summed E-state index contributed by atoms with van der Waals surface area (Å²) in [6, 6.07) is 4.65. The second-order valence-electron chi connectivity index (χ2n) is 4.20. The lowest BCUT2D eigenvalue weighted by Crippen LogP contribution is -2.44. The summed E-state index contributed by atoms with van der Waals surface area (Å²) in [6.45, 7) is 3.69. The van der Waals surface area contributed by atoms with Gasteiger partial charge >= 0.3 is 0 Å². The Morgan fingerprint density at radius 3 is 2.60 bits per heavy atom. The number of anilines is 2. The average molecular weight is 212 g/mol. The molecule has 0 heterocycles. The van der Waals surface area contributed by atoms with Crippen LogP contribution in [0.3, 0.4) is 0 Å². The van der Waals surface area contributed by atoms with Crippen LogP contribution < -0.4 is 10.6 Å². The number of nitrogens with two attached hydrogens (primary N) is 1. The minimum atomic E-state index is -0.470. The van der Waals surface area contributed by atoms with Gasteiger partial charge in [-0.1, -0.05) is 6.07 Å². The van der Waals surface area contributed by atoms with Gasteiger partial charge in [0, 0.05) is 7.05 Å². The van der Waals surface area contributed by atoms with Gasteiger partial charge in [0.25, 0.3) is 0 Å². The van der Waals surface area contributed by atoms with Crippen LogP contribution in [0.15, 0.2) is 18.2 Å². The summed E-state index contributed by atoms with van der Waals surface area (Å²) in [5.74, 6) is -0.437. The van der Waals surface area contributed by atoms with Crippen LogP contribution >= 0.6 is 0 Å². The van der Waals surface area contributed by atoms with E-state index in [4.69, 9.17) is 5.73 Å². The summed E-state index contributed by atoms with van der Waals surface area (Å²) in [5, 5.41) is 9.21. The predicted molar refractivity (Wildman–Crippen MR) is 60.4 cm³/mol. The summed E-state index contributed by atoms with van der Waals surface area (Å²) >= 11 is 0. The summed E-state index contributed by atoms with van der Waals surface area (Å²) in [4.78, 5) is 1.77. The molecule has 84 valence electrons. The van der Waals surface area contributed by atoms with E-state index in [1.165, 1.54) is 6.07 Å². The third-order valence-electron chi connectivity index (χ3n) is 2.69. The molecule has 0 aliphatic heterocycles. The quantitative estimate of drug-likeness (QED) is 0.748. The molecule has 3 N–H and O–H groups in total. The van der Waals surface area contributed by atoms with E-state index in [-0.39, 0.29) is 12.3 Å². The molecule has 0 fully saturated rings. The lowest BCUT2D eigenvalue weighted by atomic mass is 10.0. The highest BCUT2D eigenvalue weighted by atomic mass is 19.1. The normalized spacial score (nSPS) is 11.5. The van der Waals surface area contributed by atoms with Gasteiger partial charge in [-0.15, -0.1) is 0 Å². The van der Waals surface area contributed by atoms with Crippen LogP contribution in [0.1, 0.15) is 13.8 Å². The standard InChI is InChI=1S/C11H17FN2O/c1-11(2,7-15)14(3)9-6-4-5-8(12)10(9)13/h4-6,15H,7,13H2,1-3H3. The van der Waals surface area contributed by atoms with Crippen LogP contribution in [0.2, 0.25) is 0 Å². The van der Waals surface area contributed by atoms with E-state index in [1.54, 1.807) is 24.1 Å². The smallest absolute Gasteiger partial charge is 0.148 e. The van der Waals surface area contributed by atoms with Crippen LogP contribution in [0, 0.1) is 5.82 Å². The number of rotatable bonds is 3. The van der Waals surface area contributed by atoms with Crippen molar-refractivity contribution in [3.8, 4) is 0 Å². The summed E-state index contributed by atoms with van der Waals surface area (Å²) in [7, 11) is 1.78. The molecule has 0 radical (unpaired) electrons. The van der Waals surface area contributed by atoms with Gasteiger partial charge in [-0.25, -0.2) is 4.39 Å². The molecule has 3 nitrogen and oxygen atoms in total. The van der Waals surface area contributed by atoms with Gasteiger partial charge in [-0.2, -0.15) is 0 Å². The minimum absolute atomic E-state index is 0.0283. The molecule has 0 aliphatic carbocycles. The van der Waals surface area contributed by atoms with Crippen LogP contribution in [0.5, 0.6) is 0 Å². The molecule has 0 saturated heterocycles. The van der Waals surface area contributed by atoms with Crippen molar-refractivity contribution in [1.82, 2.24) is 0 Å². The zero-order valence-corrected chi connectivity index (χ0v) is 9.29. The number of aliphatic hydroxyl groups is 1. The van der Waals surface area contributed by atoms with Gasteiger partial charge in [0.05, 0.1) is 23.5 Å². The Balaban J connectivity index is 3.12. The predicted octanol–water partition coefficient (Wildman–Crippen LogP) is 1.61. The average Bonchev–Trinajstić information content (AvgIpc) is 2.21. The van der Waals surface area contributed by atoms with Gasteiger partial charge in [0.2, 0.25) is 0 Å². The summed E-state index contributed by atoms with van der Waals surface area (Å²) < 4.78 is 13.2. The first-order valence-electron chi connectivity index (χ1n) is 4.79. The van der Waals surface area contributed by atoms with E-state index in [9.17, 15) is 9.50 Å². The van der Waals surface area contributed by atoms with Crippen molar-refractivity contribution in [2.75, 3.05) is 24.3 Å². The fraction of sp³-hybridized carbons (Fsp3) is 0.455. The molecule has 1 rings (SSSR count). The third-order valence-corrected chi connectivity index (χ3v) is 2.69. The van der Waals surface area contributed by atoms with Crippen molar-refractivity contribution >= 4 is 11.4 Å². The minimum Gasteiger partial charge on any atom is -0.395 e. The Bertz CT molecular complexity index is 352. The molecule has 0 amide bonds. The molecule has 0 aromatic heterocycles. The van der Waals surface area contributed by atoms with Crippen molar-refractivity contribution in [1.29, 1.82) is 0 Å². The highest BCUT2D eigenvalue weighted by Crippen LogP contribution is 2.29. The number of nitrogens with zero attached hydrogens (tertiary/aromatic N) is 1. The maximum absolute atomic E-state index is 13.2. The monoisotopic (exact) mass is 212 g/mol. The molecule has 1 aromatic rings. The van der Waals surface area contributed by atoms with Crippen molar-refractivity contribution in [2.24, 2.45) is 0 Å². The number of aliphatic hydroxyl groups excluding tert-OH is 1. The fourth-order valence-corrected chi connectivity index (χ4v) is 1.25. The molecule has 0 atom stereocenters. The topological polar surface area (TPSA) is 49.5 Å². The zero-order valence-electron chi connectivity index (χ0n) is 9.29. The largest absolute Gasteiger partial charge is 0.395 e. The SMILES string of the molecule is CN(c1cccc(F)c1N)C(C)(C)CO. The van der Waals surface area contributed by atoms with Crippen LogP contribution in [0.25, 0.3) is 0 Å². The number of hydrogen-bond acceptors (Lipinski definition) is 3. The Morgan fingerprint density at radius 2 is 2.07 bits per heavy atom.